The summed E-state index contributed by atoms with van der Waals surface area (Å²) in [5.74, 6) is 1.44. The van der Waals surface area contributed by atoms with Gasteiger partial charge in [-0.1, -0.05) is 66.7 Å². The molecule has 6 aromatic rings. The molecule has 0 fully saturated rings. The number of imidazole rings is 1. The predicted molar refractivity (Wildman–Crippen MR) is 137 cm³/mol. The van der Waals surface area contributed by atoms with Crippen LogP contribution in [-0.4, -0.2) is 31.8 Å². The summed E-state index contributed by atoms with van der Waals surface area (Å²) in [6, 6.07) is 28.3. The number of hydrogen-bond donors (Lipinski definition) is 1. The summed E-state index contributed by atoms with van der Waals surface area (Å²) in [5.41, 5.74) is 5.33. The standard InChI is InChI=1S/C28H22N6O/c1-35-26-14-8-7-13-25(26)34-18-30-24-16-20(17-29-28(24)34)31-27-22-12-6-5-11-21(22)23(32-33-27)15-19-9-3-2-4-10-19/h2-14,16-18H,15H2,1H3,(H,31,33). The molecular weight excluding hydrogens is 436 g/mol. The molecule has 0 aliphatic rings. The second kappa shape index (κ2) is 8.87. The van der Waals surface area contributed by atoms with Crippen molar-refractivity contribution in [2.75, 3.05) is 12.4 Å². The SMILES string of the molecule is COc1ccccc1-n1cnc2cc(Nc3nnc(Cc4ccccc4)c4ccccc34)cnc21. The van der Waals surface area contributed by atoms with Crippen LogP contribution in [0.4, 0.5) is 11.5 Å². The number of benzene rings is 3. The van der Waals surface area contributed by atoms with Crippen molar-refractivity contribution in [3.05, 3.63) is 109 Å². The highest BCUT2D eigenvalue weighted by Crippen LogP contribution is 2.29. The molecule has 0 spiro atoms. The number of pyridine rings is 1. The molecule has 0 saturated carbocycles. The molecule has 0 amide bonds. The zero-order chi connectivity index (χ0) is 23.6. The third kappa shape index (κ3) is 3.93. The minimum atomic E-state index is 0.683. The van der Waals surface area contributed by atoms with Crippen LogP contribution in [0, 0.1) is 0 Å². The third-order valence-electron chi connectivity index (χ3n) is 5.97. The Morgan fingerprint density at radius 2 is 1.60 bits per heavy atom. The van der Waals surface area contributed by atoms with Crippen LogP contribution >= 0.6 is 0 Å². The summed E-state index contributed by atoms with van der Waals surface area (Å²) in [7, 11) is 1.66. The fourth-order valence-corrected chi connectivity index (χ4v) is 4.28. The van der Waals surface area contributed by atoms with E-state index in [1.165, 1.54) is 5.56 Å². The lowest BCUT2D eigenvalue weighted by atomic mass is 10.0. The number of hydrogen-bond acceptors (Lipinski definition) is 6. The minimum Gasteiger partial charge on any atom is -0.495 e. The molecule has 3 aromatic heterocycles. The van der Waals surface area contributed by atoms with Gasteiger partial charge in [-0.25, -0.2) is 9.97 Å². The van der Waals surface area contributed by atoms with E-state index < -0.39 is 0 Å². The van der Waals surface area contributed by atoms with E-state index in [9.17, 15) is 0 Å². The second-order valence-corrected chi connectivity index (χ2v) is 8.18. The molecule has 0 aliphatic carbocycles. The lowest BCUT2D eigenvalue weighted by Gasteiger charge is -2.12. The molecule has 35 heavy (non-hydrogen) atoms. The Morgan fingerprint density at radius 1 is 0.829 bits per heavy atom. The zero-order valence-corrected chi connectivity index (χ0v) is 19.1. The molecule has 3 heterocycles. The number of para-hydroxylation sites is 2. The number of nitrogens with zero attached hydrogens (tertiary/aromatic N) is 5. The van der Waals surface area contributed by atoms with E-state index >= 15 is 0 Å². The topological polar surface area (TPSA) is 77.8 Å². The van der Waals surface area contributed by atoms with Gasteiger partial charge < -0.3 is 10.1 Å². The Labute approximate surface area is 202 Å². The third-order valence-corrected chi connectivity index (χ3v) is 5.97. The summed E-state index contributed by atoms with van der Waals surface area (Å²) in [6.07, 6.45) is 4.26. The molecule has 170 valence electrons. The number of anilines is 2. The highest BCUT2D eigenvalue weighted by atomic mass is 16.5. The van der Waals surface area contributed by atoms with Gasteiger partial charge in [-0.05, 0) is 23.8 Å². The Bertz CT molecular complexity index is 1640. The highest BCUT2D eigenvalue weighted by molar-refractivity contribution is 5.95. The van der Waals surface area contributed by atoms with Crippen molar-refractivity contribution < 1.29 is 4.74 Å². The van der Waals surface area contributed by atoms with E-state index in [-0.39, 0.29) is 0 Å². The fourth-order valence-electron chi connectivity index (χ4n) is 4.28. The monoisotopic (exact) mass is 458 g/mol. The van der Waals surface area contributed by atoms with Crippen molar-refractivity contribution >= 4 is 33.4 Å². The van der Waals surface area contributed by atoms with E-state index in [1.54, 1.807) is 19.6 Å². The molecule has 7 nitrogen and oxygen atoms in total. The molecule has 6 rings (SSSR count). The molecule has 0 bridgehead atoms. The van der Waals surface area contributed by atoms with Crippen LogP contribution in [0.1, 0.15) is 11.3 Å². The Kier molecular flexibility index (Phi) is 5.27. The Morgan fingerprint density at radius 3 is 2.46 bits per heavy atom. The second-order valence-electron chi connectivity index (χ2n) is 8.18. The summed E-state index contributed by atoms with van der Waals surface area (Å²) in [6.45, 7) is 0. The van der Waals surface area contributed by atoms with E-state index in [2.05, 4.69) is 49.7 Å². The largest absolute Gasteiger partial charge is 0.495 e. The summed E-state index contributed by atoms with van der Waals surface area (Å²) < 4.78 is 7.43. The highest BCUT2D eigenvalue weighted by Gasteiger charge is 2.13. The summed E-state index contributed by atoms with van der Waals surface area (Å²) in [5, 5.41) is 14.6. The fraction of sp³-hybridized carbons (Fsp3) is 0.0714. The number of nitrogens with one attached hydrogen (secondary N) is 1. The van der Waals surface area contributed by atoms with Crippen molar-refractivity contribution in [2.45, 2.75) is 6.42 Å². The summed E-state index contributed by atoms with van der Waals surface area (Å²) >= 11 is 0. The molecule has 0 aliphatic heterocycles. The smallest absolute Gasteiger partial charge is 0.164 e. The van der Waals surface area contributed by atoms with Gasteiger partial charge >= 0.3 is 0 Å². The first-order valence-corrected chi connectivity index (χ1v) is 11.3. The maximum atomic E-state index is 5.50. The number of aromatic nitrogens is 5. The van der Waals surface area contributed by atoms with Crippen LogP contribution in [0.5, 0.6) is 5.75 Å². The number of rotatable bonds is 6. The van der Waals surface area contributed by atoms with Gasteiger partial charge in [0.05, 0.1) is 30.4 Å². The quantitative estimate of drug-likeness (QED) is 0.345. The first-order valence-electron chi connectivity index (χ1n) is 11.3. The van der Waals surface area contributed by atoms with Gasteiger partial charge in [-0.2, -0.15) is 5.10 Å². The van der Waals surface area contributed by atoms with Gasteiger partial charge in [0.2, 0.25) is 0 Å². The first kappa shape index (κ1) is 20.8. The molecule has 1 N–H and O–H groups in total. The number of methoxy groups -OCH3 is 1. The van der Waals surface area contributed by atoms with Gasteiger partial charge in [0.25, 0.3) is 0 Å². The van der Waals surface area contributed by atoms with Crippen LogP contribution in [0.25, 0.3) is 27.6 Å². The normalized spacial score (nSPS) is 11.1. The van der Waals surface area contributed by atoms with Gasteiger partial charge in [0.15, 0.2) is 11.5 Å². The first-order chi connectivity index (χ1) is 17.3. The Hall–Kier alpha value is -4.78. The molecular formula is C28H22N6O. The van der Waals surface area contributed by atoms with Crippen molar-refractivity contribution in [3.8, 4) is 11.4 Å². The molecule has 7 heteroatoms. The number of ether oxygens (including phenoxy) is 1. The minimum absolute atomic E-state index is 0.683. The van der Waals surface area contributed by atoms with Crippen molar-refractivity contribution in [1.82, 2.24) is 24.7 Å². The van der Waals surface area contributed by atoms with Gasteiger partial charge in [0, 0.05) is 17.2 Å². The van der Waals surface area contributed by atoms with Crippen LogP contribution in [0.2, 0.25) is 0 Å². The molecule has 0 radical (unpaired) electrons. The van der Waals surface area contributed by atoms with Crippen LogP contribution in [-0.2, 0) is 6.42 Å². The van der Waals surface area contributed by atoms with Crippen LogP contribution in [0.15, 0.2) is 97.5 Å². The molecule has 0 saturated heterocycles. The zero-order valence-electron chi connectivity index (χ0n) is 19.1. The van der Waals surface area contributed by atoms with Gasteiger partial charge in [-0.15, -0.1) is 5.10 Å². The van der Waals surface area contributed by atoms with E-state index in [0.29, 0.717) is 5.82 Å². The lowest BCUT2D eigenvalue weighted by molar-refractivity contribution is 0.413. The van der Waals surface area contributed by atoms with Gasteiger partial charge in [-0.3, -0.25) is 4.57 Å². The maximum Gasteiger partial charge on any atom is 0.164 e. The average Bonchev–Trinajstić information content (AvgIpc) is 3.34. The molecule has 3 aromatic carbocycles. The van der Waals surface area contributed by atoms with Crippen molar-refractivity contribution in [3.63, 3.8) is 0 Å². The Balaban J connectivity index is 1.34. The molecule has 0 atom stereocenters. The maximum absolute atomic E-state index is 5.50. The van der Waals surface area contributed by atoms with E-state index in [4.69, 9.17) is 4.74 Å². The molecule has 0 unspecified atom stereocenters. The van der Waals surface area contributed by atoms with Crippen molar-refractivity contribution in [2.24, 2.45) is 0 Å². The number of fused-ring (bicyclic) bond motifs is 2. The van der Waals surface area contributed by atoms with E-state index in [0.717, 1.165) is 51.2 Å². The lowest BCUT2D eigenvalue weighted by Crippen LogP contribution is -2.02. The van der Waals surface area contributed by atoms with Crippen LogP contribution in [0.3, 0.4) is 0 Å². The van der Waals surface area contributed by atoms with Crippen molar-refractivity contribution in [1.29, 1.82) is 0 Å². The average molecular weight is 459 g/mol. The van der Waals surface area contributed by atoms with E-state index in [1.807, 2.05) is 65.2 Å². The van der Waals surface area contributed by atoms with Crippen LogP contribution < -0.4 is 10.1 Å². The predicted octanol–water partition coefficient (Wildman–Crippen LogP) is 5.71. The summed E-state index contributed by atoms with van der Waals surface area (Å²) in [4.78, 5) is 9.24. The van der Waals surface area contributed by atoms with Gasteiger partial charge in [0.1, 0.15) is 17.6 Å².